The minimum atomic E-state index is -3.51. The third-order valence-electron chi connectivity index (χ3n) is 5.89. The van der Waals surface area contributed by atoms with Crippen molar-refractivity contribution >= 4 is 15.7 Å². The van der Waals surface area contributed by atoms with Gasteiger partial charge in [-0.15, -0.1) is 0 Å². The van der Waals surface area contributed by atoms with Gasteiger partial charge in [0.15, 0.2) is 9.84 Å². The van der Waals surface area contributed by atoms with Gasteiger partial charge < -0.3 is 4.90 Å². The summed E-state index contributed by atoms with van der Waals surface area (Å²) in [7, 11) is -1.82. The number of amides is 1. The molecule has 1 saturated heterocycles. The monoisotopic (exact) mass is 411 g/mol. The van der Waals surface area contributed by atoms with Crippen molar-refractivity contribution in [2.45, 2.75) is 16.1 Å². The van der Waals surface area contributed by atoms with Crippen molar-refractivity contribution in [1.82, 2.24) is 14.7 Å². The summed E-state index contributed by atoms with van der Waals surface area (Å²) >= 11 is 0. The van der Waals surface area contributed by atoms with Gasteiger partial charge >= 0.3 is 0 Å². The van der Waals surface area contributed by atoms with Crippen molar-refractivity contribution < 1.29 is 17.6 Å². The maximum atomic E-state index is 13.2. The first kappa shape index (κ1) is 18.1. The number of hydrogen-bond acceptors (Lipinski definition) is 4. The summed E-state index contributed by atoms with van der Waals surface area (Å²) < 4.78 is 40.9. The smallest absolute Gasteiger partial charge is 0.272 e. The lowest BCUT2D eigenvalue weighted by Crippen LogP contribution is -2.32. The van der Waals surface area contributed by atoms with Crippen LogP contribution in [0.1, 0.15) is 22.0 Å². The molecule has 29 heavy (non-hydrogen) atoms. The molecule has 1 aromatic heterocycles. The molecule has 0 N–H and O–H groups in total. The molecule has 0 aliphatic carbocycles. The van der Waals surface area contributed by atoms with Gasteiger partial charge in [0.25, 0.3) is 5.91 Å². The predicted molar refractivity (Wildman–Crippen MR) is 105 cm³/mol. The highest BCUT2D eigenvalue weighted by Crippen LogP contribution is 2.46. The second-order valence-corrected chi connectivity index (χ2v) is 9.63. The quantitative estimate of drug-likeness (QED) is 0.650. The van der Waals surface area contributed by atoms with Crippen LogP contribution in [0.4, 0.5) is 4.39 Å². The summed E-state index contributed by atoms with van der Waals surface area (Å²) in [5.74, 6) is -0.809. The third-order valence-corrected chi connectivity index (χ3v) is 8.14. The number of aryl methyl sites for hydroxylation is 1. The largest absolute Gasteiger partial charge is 0.335 e. The van der Waals surface area contributed by atoms with Crippen LogP contribution < -0.4 is 0 Å². The molecule has 0 spiro atoms. The number of halogens is 1. The summed E-state index contributed by atoms with van der Waals surface area (Å²) in [5, 5.41) is 3.38. The Bertz CT molecular complexity index is 1230. The van der Waals surface area contributed by atoms with Gasteiger partial charge in [-0.05, 0) is 47.0 Å². The third kappa shape index (κ3) is 2.70. The van der Waals surface area contributed by atoms with E-state index in [4.69, 9.17) is 0 Å². The van der Waals surface area contributed by atoms with E-state index in [2.05, 4.69) is 5.10 Å². The molecule has 3 heterocycles. The Morgan fingerprint density at radius 1 is 1.07 bits per heavy atom. The lowest BCUT2D eigenvalue weighted by atomic mass is 9.94. The average molecular weight is 411 g/mol. The van der Waals surface area contributed by atoms with Crippen molar-refractivity contribution in [2.24, 2.45) is 7.05 Å². The molecule has 2 aliphatic heterocycles. The molecule has 0 radical (unpaired) electrons. The van der Waals surface area contributed by atoms with Crippen LogP contribution in [0.5, 0.6) is 0 Å². The number of carbonyl (C=O) groups excluding carboxylic acids is 1. The van der Waals surface area contributed by atoms with E-state index in [0.29, 0.717) is 17.1 Å². The molecule has 148 valence electrons. The van der Waals surface area contributed by atoms with Crippen molar-refractivity contribution in [3.63, 3.8) is 0 Å². The fourth-order valence-electron chi connectivity index (χ4n) is 4.38. The van der Waals surface area contributed by atoms with Crippen molar-refractivity contribution in [3.8, 4) is 11.1 Å². The highest BCUT2D eigenvalue weighted by molar-refractivity contribution is 7.92. The van der Waals surface area contributed by atoms with E-state index < -0.39 is 15.1 Å². The number of sulfone groups is 1. The number of likely N-dealkylation sites (tertiary alicyclic amines) is 1. The molecule has 1 fully saturated rings. The topological polar surface area (TPSA) is 72.3 Å². The molecular formula is C21H18FN3O3S. The molecular weight excluding hydrogens is 393 g/mol. The molecule has 2 aliphatic rings. The zero-order chi connectivity index (χ0) is 20.3. The van der Waals surface area contributed by atoms with Crippen molar-refractivity contribution in [2.75, 3.05) is 13.1 Å². The van der Waals surface area contributed by atoms with Gasteiger partial charge in [-0.3, -0.25) is 9.48 Å². The average Bonchev–Trinajstić information content (AvgIpc) is 3.38. The Labute approximate surface area is 167 Å². The number of carbonyl (C=O) groups is 1. The first-order valence-electron chi connectivity index (χ1n) is 9.27. The minimum Gasteiger partial charge on any atom is -0.335 e. The molecule has 8 heteroatoms. The van der Waals surface area contributed by atoms with E-state index >= 15 is 0 Å². The van der Waals surface area contributed by atoms with Crippen LogP contribution >= 0.6 is 0 Å². The first-order valence-corrected chi connectivity index (χ1v) is 10.8. The Balaban J connectivity index is 1.52. The van der Waals surface area contributed by atoms with Crippen LogP contribution in [-0.2, 0) is 16.9 Å². The van der Waals surface area contributed by atoms with Gasteiger partial charge in [-0.25, -0.2) is 12.8 Å². The van der Waals surface area contributed by atoms with Gasteiger partial charge in [0.1, 0.15) is 11.5 Å². The highest BCUT2D eigenvalue weighted by Gasteiger charge is 2.51. The number of benzene rings is 2. The van der Waals surface area contributed by atoms with E-state index in [0.717, 1.165) is 16.7 Å². The van der Waals surface area contributed by atoms with Crippen LogP contribution in [0.3, 0.4) is 0 Å². The minimum absolute atomic E-state index is 0.164. The van der Waals surface area contributed by atoms with Crippen molar-refractivity contribution in [3.05, 3.63) is 71.8 Å². The summed E-state index contributed by atoms with van der Waals surface area (Å²) in [6, 6.07) is 13.0. The lowest BCUT2D eigenvalue weighted by molar-refractivity contribution is 0.0780. The number of nitrogens with zero attached hydrogens (tertiary/aromatic N) is 3. The number of hydrogen-bond donors (Lipinski definition) is 0. The molecule has 3 aromatic rings. The summed E-state index contributed by atoms with van der Waals surface area (Å²) in [5.41, 5.74) is 2.81. The Morgan fingerprint density at radius 2 is 1.79 bits per heavy atom. The zero-order valence-corrected chi connectivity index (χ0v) is 16.4. The van der Waals surface area contributed by atoms with E-state index in [1.54, 1.807) is 48.5 Å². The van der Waals surface area contributed by atoms with Crippen LogP contribution in [0, 0.1) is 5.82 Å². The number of aromatic nitrogens is 2. The Hall–Kier alpha value is -3.00. The maximum Gasteiger partial charge on any atom is 0.272 e. The molecule has 6 nitrogen and oxygen atoms in total. The standard InChI is InChI=1S/C21H18FN3O3S/c1-24-18(8-9-23-24)21(26)25-11-17-16-10-14(13-2-5-15(22)6-3-13)4-7-19(16)29(27,28)20(17)12-25/h2-10,17,20H,11-12H2,1H3/t17-,20-/m0/s1. The molecule has 5 rings (SSSR count). The van der Waals surface area contributed by atoms with E-state index in [9.17, 15) is 17.6 Å². The van der Waals surface area contributed by atoms with Crippen LogP contribution in [-0.4, -0.2) is 47.3 Å². The Morgan fingerprint density at radius 3 is 2.48 bits per heavy atom. The van der Waals surface area contributed by atoms with E-state index in [1.165, 1.54) is 16.8 Å². The zero-order valence-electron chi connectivity index (χ0n) is 15.6. The summed E-state index contributed by atoms with van der Waals surface area (Å²) in [4.78, 5) is 14.8. The second kappa shape index (κ2) is 6.25. The van der Waals surface area contributed by atoms with Crippen LogP contribution in [0.25, 0.3) is 11.1 Å². The van der Waals surface area contributed by atoms with Gasteiger partial charge in [0, 0.05) is 32.3 Å². The summed E-state index contributed by atoms with van der Waals surface area (Å²) in [6.07, 6.45) is 1.55. The Kier molecular flexibility index (Phi) is 3.89. The van der Waals surface area contributed by atoms with Gasteiger partial charge in [0.2, 0.25) is 0 Å². The molecule has 1 amide bonds. The van der Waals surface area contributed by atoms with Gasteiger partial charge in [-0.1, -0.05) is 18.2 Å². The van der Waals surface area contributed by atoms with E-state index in [-0.39, 0.29) is 24.2 Å². The SMILES string of the molecule is Cn1nccc1C(=O)N1C[C@H]2c3cc(-c4ccc(F)cc4)ccc3S(=O)(=O)[C@H]2C1. The maximum absolute atomic E-state index is 13.2. The predicted octanol–water partition coefficient (Wildman–Crippen LogP) is 2.62. The number of rotatable bonds is 2. The fraction of sp³-hybridized carbons (Fsp3) is 0.238. The van der Waals surface area contributed by atoms with Crippen LogP contribution in [0.15, 0.2) is 59.6 Å². The van der Waals surface area contributed by atoms with Crippen LogP contribution in [0.2, 0.25) is 0 Å². The molecule has 2 atom stereocenters. The normalized spacial score (nSPS) is 21.8. The molecule has 0 unspecified atom stereocenters. The summed E-state index contributed by atoms with van der Waals surface area (Å²) in [6.45, 7) is 0.505. The number of fused-ring (bicyclic) bond motifs is 3. The highest BCUT2D eigenvalue weighted by atomic mass is 32.2. The fourth-order valence-corrected chi connectivity index (χ4v) is 6.54. The molecule has 0 bridgehead atoms. The lowest BCUT2D eigenvalue weighted by Gasteiger charge is -2.18. The second-order valence-electron chi connectivity index (χ2n) is 7.50. The first-order chi connectivity index (χ1) is 13.9. The van der Waals surface area contributed by atoms with Gasteiger partial charge in [0.05, 0.1) is 10.1 Å². The van der Waals surface area contributed by atoms with Crippen molar-refractivity contribution in [1.29, 1.82) is 0 Å². The van der Waals surface area contributed by atoms with Gasteiger partial charge in [-0.2, -0.15) is 5.10 Å². The molecule has 0 saturated carbocycles. The van der Waals surface area contributed by atoms with E-state index in [1.807, 2.05) is 6.07 Å². The molecule has 2 aromatic carbocycles.